The fourth-order valence-electron chi connectivity index (χ4n) is 3.68. The summed E-state index contributed by atoms with van der Waals surface area (Å²) in [6.45, 7) is 5.93. The average molecular weight is 381 g/mol. The first kappa shape index (κ1) is 20.2. The first-order valence-electron chi connectivity index (χ1n) is 9.84. The minimum atomic E-state index is -0.217. The summed E-state index contributed by atoms with van der Waals surface area (Å²) in [6, 6.07) is 17.1. The standard InChI is InChI=1S/C23H32N4O/c1-23(2)14-20(19-11-6-7-12-21(19)28-23)26-22(24-3)25-15-17-9-8-10-18(13-17)16-27(4)5/h6-13,20H,14-16H2,1-5H3,(H2,24,25,26). The molecule has 0 aromatic heterocycles. The van der Waals surface area contributed by atoms with Crippen molar-refractivity contribution in [1.82, 2.24) is 15.5 Å². The van der Waals surface area contributed by atoms with Crippen molar-refractivity contribution in [1.29, 1.82) is 0 Å². The Kier molecular flexibility index (Phi) is 6.25. The van der Waals surface area contributed by atoms with E-state index in [1.165, 1.54) is 16.7 Å². The molecule has 0 amide bonds. The fourth-order valence-corrected chi connectivity index (χ4v) is 3.68. The second-order valence-corrected chi connectivity index (χ2v) is 8.28. The third-order valence-electron chi connectivity index (χ3n) is 4.86. The Morgan fingerprint density at radius 3 is 2.64 bits per heavy atom. The molecule has 3 rings (SSSR count). The van der Waals surface area contributed by atoms with Crippen LogP contribution in [0.15, 0.2) is 53.5 Å². The predicted octanol–water partition coefficient (Wildman–Crippen LogP) is 3.72. The number of hydrogen-bond donors (Lipinski definition) is 2. The maximum absolute atomic E-state index is 6.13. The van der Waals surface area contributed by atoms with Crippen molar-refractivity contribution in [3.05, 3.63) is 65.2 Å². The second kappa shape index (κ2) is 8.65. The molecule has 2 aromatic rings. The summed E-state index contributed by atoms with van der Waals surface area (Å²) >= 11 is 0. The van der Waals surface area contributed by atoms with E-state index in [0.29, 0.717) is 0 Å². The molecule has 0 bridgehead atoms. The highest BCUT2D eigenvalue weighted by molar-refractivity contribution is 5.80. The Morgan fingerprint density at radius 1 is 1.14 bits per heavy atom. The van der Waals surface area contributed by atoms with Crippen LogP contribution in [0.25, 0.3) is 0 Å². The van der Waals surface area contributed by atoms with Gasteiger partial charge in [0.15, 0.2) is 5.96 Å². The number of nitrogens with one attached hydrogen (secondary N) is 2. The maximum Gasteiger partial charge on any atom is 0.191 e. The number of nitrogens with zero attached hydrogens (tertiary/aromatic N) is 2. The van der Waals surface area contributed by atoms with Crippen molar-refractivity contribution < 1.29 is 4.74 Å². The van der Waals surface area contributed by atoms with E-state index < -0.39 is 0 Å². The van der Waals surface area contributed by atoms with Crippen LogP contribution in [0.4, 0.5) is 0 Å². The summed E-state index contributed by atoms with van der Waals surface area (Å²) < 4.78 is 6.13. The molecule has 0 aliphatic carbocycles. The fraction of sp³-hybridized carbons (Fsp3) is 0.435. The topological polar surface area (TPSA) is 48.9 Å². The van der Waals surface area contributed by atoms with Gasteiger partial charge in [-0.1, -0.05) is 42.5 Å². The Balaban J connectivity index is 1.67. The van der Waals surface area contributed by atoms with E-state index in [-0.39, 0.29) is 11.6 Å². The van der Waals surface area contributed by atoms with Crippen molar-refractivity contribution in [3.8, 4) is 5.75 Å². The molecule has 1 heterocycles. The Bertz CT molecular complexity index is 829. The number of benzene rings is 2. The first-order chi connectivity index (χ1) is 13.4. The normalized spacial score (nSPS) is 18.4. The zero-order valence-electron chi connectivity index (χ0n) is 17.6. The van der Waals surface area contributed by atoms with E-state index in [9.17, 15) is 0 Å². The number of guanidine groups is 1. The van der Waals surface area contributed by atoms with E-state index in [1.54, 1.807) is 0 Å². The number of aliphatic imine (C=N–C) groups is 1. The van der Waals surface area contributed by atoms with Gasteiger partial charge < -0.3 is 20.3 Å². The molecule has 0 spiro atoms. The highest BCUT2D eigenvalue weighted by Crippen LogP contribution is 2.39. The molecule has 150 valence electrons. The summed E-state index contributed by atoms with van der Waals surface area (Å²) in [6.07, 6.45) is 0.878. The number of rotatable bonds is 5. The number of hydrogen-bond acceptors (Lipinski definition) is 3. The third kappa shape index (κ3) is 5.26. The zero-order chi connectivity index (χ0) is 20.1. The van der Waals surface area contributed by atoms with E-state index >= 15 is 0 Å². The average Bonchev–Trinajstić information content (AvgIpc) is 2.64. The van der Waals surface area contributed by atoms with Crippen molar-refractivity contribution in [3.63, 3.8) is 0 Å². The molecule has 0 radical (unpaired) electrons. The molecule has 1 aliphatic rings. The van der Waals surface area contributed by atoms with Crippen LogP contribution >= 0.6 is 0 Å². The lowest BCUT2D eigenvalue weighted by atomic mass is 9.90. The van der Waals surface area contributed by atoms with Gasteiger partial charge in [-0.2, -0.15) is 0 Å². The maximum atomic E-state index is 6.13. The van der Waals surface area contributed by atoms with Crippen LogP contribution in [0, 0.1) is 0 Å². The number of para-hydroxylation sites is 1. The van der Waals surface area contributed by atoms with Gasteiger partial charge in [-0.05, 0) is 45.1 Å². The lowest BCUT2D eigenvalue weighted by Gasteiger charge is -2.38. The van der Waals surface area contributed by atoms with Crippen LogP contribution in [0.3, 0.4) is 0 Å². The molecule has 2 aromatic carbocycles. The molecule has 1 unspecified atom stereocenters. The third-order valence-corrected chi connectivity index (χ3v) is 4.86. The highest BCUT2D eigenvalue weighted by Gasteiger charge is 2.33. The quantitative estimate of drug-likeness (QED) is 0.613. The predicted molar refractivity (Wildman–Crippen MR) is 116 cm³/mol. The van der Waals surface area contributed by atoms with E-state index in [4.69, 9.17) is 4.74 Å². The molecule has 2 N–H and O–H groups in total. The van der Waals surface area contributed by atoms with Crippen LogP contribution in [0.1, 0.15) is 43.0 Å². The molecular formula is C23H32N4O. The summed E-state index contributed by atoms with van der Waals surface area (Å²) in [7, 11) is 5.99. The monoisotopic (exact) mass is 380 g/mol. The summed E-state index contributed by atoms with van der Waals surface area (Å²) in [5.41, 5.74) is 3.52. The van der Waals surface area contributed by atoms with Crippen molar-refractivity contribution in [2.24, 2.45) is 4.99 Å². The summed E-state index contributed by atoms with van der Waals surface area (Å²) in [5.74, 6) is 1.75. The molecule has 5 nitrogen and oxygen atoms in total. The van der Waals surface area contributed by atoms with Crippen LogP contribution in [-0.4, -0.2) is 37.6 Å². The molecule has 5 heteroatoms. The van der Waals surface area contributed by atoms with E-state index in [2.05, 4.69) is 84.9 Å². The van der Waals surface area contributed by atoms with Crippen LogP contribution in [0.2, 0.25) is 0 Å². The van der Waals surface area contributed by atoms with Gasteiger partial charge in [0.25, 0.3) is 0 Å². The molecule has 0 fully saturated rings. The molecule has 28 heavy (non-hydrogen) atoms. The summed E-state index contributed by atoms with van der Waals surface area (Å²) in [4.78, 5) is 6.61. The van der Waals surface area contributed by atoms with Gasteiger partial charge in [-0.25, -0.2) is 0 Å². The summed E-state index contributed by atoms with van der Waals surface area (Å²) in [5, 5.41) is 7.04. The van der Waals surface area contributed by atoms with Gasteiger partial charge in [0.05, 0.1) is 6.04 Å². The van der Waals surface area contributed by atoms with Crippen molar-refractivity contribution in [2.75, 3.05) is 21.1 Å². The van der Waals surface area contributed by atoms with Gasteiger partial charge >= 0.3 is 0 Å². The molecule has 0 saturated carbocycles. The minimum Gasteiger partial charge on any atom is -0.487 e. The Hall–Kier alpha value is -2.53. The first-order valence-corrected chi connectivity index (χ1v) is 9.84. The SMILES string of the molecule is CN=C(NCc1cccc(CN(C)C)c1)NC1CC(C)(C)Oc2ccccc21. The van der Waals surface area contributed by atoms with Gasteiger partial charge in [-0.15, -0.1) is 0 Å². The smallest absolute Gasteiger partial charge is 0.191 e. The zero-order valence-corrected chi connectivity index (χ0v) is 17.6. The molecule has 1 aliphatic heterocycles. The molecular weight excluding hydrogens is 348 g/mol. The van der Waals surface area contributed by atoms with Gasteiger partial charge in [-0.3, -0.25) is 4.99 Å². The van der Waals surface area contributed by atoms with Gasteiger partial charge in [0, 0.05) is 32.1 Å². The van der Waals surface area contributed by atoms with Crippen molar-refractivity contribution >= 4 is 5.96 Å². The minimum absolute atomic E-state index is 0.159. The van der Waals surface area contributed by atoms with Crippen molar-refractivity contribution in [2.45, 2.75) is 45.0 Å². The lowest BCUT2D eigenvalue weighted by Crippen LogP contribution is -2.45. The van der Waals surface area contributed by atoms with Crippen LogP contribution in [-0.2, 0) is 13.1 Å². The van der Waals surface area contributed by atoms with E-state index in [1.807, 2.05) is 19.2 Å². The Morgan fingerprint density at radius 2 is 1.89 bits per heavy atom. The number of fused-ring (bicyclic) bond motifs is 1. The molecule has 1 atom stereocenters. The van der Waals surface area contributed by atoms with Crippen LogP contribution in [0.5, 0.6) is 5.75 Å². The largest absolute Gasteiger partial charge is 0.487 e. The number of ether oxygens (including phenoxy) is 1. The molecule has 0 saturated heterocycles. The Labute approximate surface area is 168 Å². The van der Waals surface area contributed by atoms with Gasteiger partial charge in [0.2, 0.25) is 0 Å². The van der Waals surface area contributed by atoms with Crippen LogP contribution < -0.4 is 15.4 Å². The van der Waals surface area contributed by atoms with E-state index in [0.717, 1.165) is 31.2 Å². The highest BCUT2D eigenvalue weighted by atomic mass is 16.5. The van der Waals surface area contributed by atoms with Gasteiger partial charge in [0.1, 0.15) is 11.4 Å². The lowest BCUT2D eigenvalue weighted by molar-refractivity contribution is 0.0694. The second-order valence-electron chi connectivity index (χ2n) is 8.28.